The Morgan fingerprint density at radius 2 is 1.92 bits per heavy atom. The first kappa shape index (κ1) is 18.8. The number of rotatable bonds is 5. The molecule has 1 saturated heterocycles. The minimum absolute atomic E-state index is 0.0650. The number of benzene rings is 1. The molecule has 0 radical (unpaired) electrons. The number of amides is 1. The highest BCUT2D eigenvalue weighted by molar-refractivity contribution is 7.99. The van der Waals surface area contributed by atoms with Crippen LogP contribution in [-0.2, 0) is 14.3 Å². The van der Waals surface area contributed by atoms with Crippen molar-refractivity contribution in [2.75, 3.05) is 18.6 Å². The molecule has 1 heterocycles. The number of ether oxygens (including phenoxy) is 1. The van der Waals surface area contributed by atoms with E-state index in [-0.39, 0.29) is 17.4 Å². The smallest absolute Gasteiger partial charge is 0.327 e. The predicted molar refractivity (Wildman–Crippen MR) is 96.9 cm³/mol. The van der Waals surface area contributed by atoms with Crippen molar-refractivity contribution in [1.82, 2.24) is 10.6 Å². The summed E-state index contributed by atoms with van der Waals surface area (Å²) in [5.41, 5.74) is -0.303. The zero-order valence-electron chi connectivity index (χ0n) is 14.7. The van der Waals surface area contributed by atoms with Gasteiger partial charge in [-0.15, -0.1) is 0 Å². The van der Waals surface area contributed by atoms with Crippen LogP contribution < -0.4 is 10.6 Å². The largest absolute Gasteiger partial charge is 0.468 e. The highest BCUT2D eigenvalue weighted by Gasteiger charge is 2.45. The van der Waals surface area contributed by atoms with Gasteiger partial charge in [0.2, 0.25) is 5.91 Å². The monoisotopic (exact) mass is 350 g/mol. The van der Waals surface area contributed by atoms with Gasteiger partial charge in [-0.1, -0.05) is 30.3 Å². The molecule has 2 atom stereocenters. The van der Waals surface area contributed by atoms with E-state index in [1.165, 1.54) is 7.11 Å². The van der Waals surface area contributed by atoms with Crippen LogP contribution in [0.1, 0.15) is 38.8 Å². The molecular formula is C18H26N2O3S. The molecule has 132 valence electrons. The van der Waals surface area contributed by atoms with Crippen LogP contribution in [0.2, 0.25) is 0 Å². The normalized spacial score (nSPS) is 22.0. The van der Waals surface area contributed by atoms with E-state index in [4.69, 9.17) is 4.74 Å². The van der Waals surface area contributed by atoms with Crippen LogP contribution in [0.3, 0.4) is 0 Å². The minimum Gasteiger partial charge on any atom is -0.468 e. The van der Waals surface area contributed by atoms with Gasteiger partial charge < -0.3 is 10.1 Å². The van der Waals surface area contributed by atoms with E-state index in [0.717, 1.165) is 11.3 Å². The van der Waals surface area contributed by atoms with Crippen molar-refractivity contribution in [3.05, 3.63) is 35.9 Å². The lowest BCUT2D eigenvalue weighted by molar-refractivity contribution is -0.144. The third kappa shape index (κ3) is 4.51. The molecule has 1 amide bonds. The van der Waals surface area contributed by atoms with Crippen molar-refractivity contribution in [3.8, 4) is 0 Å². The van der Waals surface area contributed by atoms with Crippen LogP contribution in [0.5, 0.6) is 0 Å². The standard InChI is InChI=1S/C18H26N2O3S/c1-17(2,3)20-16(22)18(10-11-24-12-18)19-14(15(21)23-4)13-8-6-5-7-9-13/h5-9,14,19H,10-12H2,1-4H3,(H,20,22). The van der Waals surface area contributed by atoms with Crippen molar-refractivity contribution >= 4 is 23.6 Å². The number of esters is 1. The summed E-state index contributed by atoms with van der Waals surface area (Å²) in [7, 11) is 1.37. The fourth-order valence-corrected chi connectivity index (χ4v) is 4.05. The first-order valence-electron chi connectivity index (χ1n) is 8.08. The Bertz CT molecular complexity index is 578. The highest BCUT2D eigenvalue weighted by Crippen LogP contribution is 2.32. The number of carbonyl (C=O) groups is 2. The molecule has 0 spiro atoms. The Labute approximate surface area is 147 Å². The third-order valence-corrected chi connectivity index (χ3v) is 5.12. The summed E-state index contributed by atoms with van der Waals surface area (Å²) in [5, 5.41) is 6.36. The van der Waals surface area contributed by atoms with Crippen LogP contribution in [-0.4, -0.2) is 41.6 Å². The predicted octanol–water partition coefficient (Wildman–Crippen LogP) is 2.28. The molecule has 0 aromatic heterocycles. The highest BCUT2D eigenvalue weighted by atomic mass is 32.2. The second-order valence-electron chi connectivity index (χ2n) is 7.10. The molecule has 2 rings (SSSR count). The van der Waals surface area contributed by atoms with Gasteiger partial charge in [-0.25, -0.2) is 4.79 Å². The maximum atomic E-state index is 12.9. The maximum Gasteiger partial charge on any atom is 0.327 e. The Kier molecular flexibility index (Phi) is 5.93. The lowest BCUT2D eigenvalue weighted by atomic mass is 9.93. The Hall–Kier alpha value is -1.53. The lowest BCUT2D eigenvalue weighted by Gasteiger charge is -2.35. The average molecular weight is 350 g/mol. The number of carbonyl (C=O) groups excluding carboxylic acids is 2. The second kappa shape index (κ2) is 7.57. The SMILES string of the molecule is COC(=O)C(NC1(C(=O)NC(C)(C)C)CCSC1)c1ccccc1. The van der Waals surface area contributed by atoms with Crippen molar-refractivity contribution in [2.24, 2.45) is 0 Å². The molecule has 1 aliphatic rings. The van der Waals surface area contributed by atoms with Gasteiger partial charge in [0.25, 0.3) is 0 Å². The van der Waals surface area contributed by atoms with Crippen molar-refractivity contribution < 1.29 is 14.3 Å². The van der Waals surface area contributed by atoms with Crippen LogP contribution >= 0.6 is 11.8 Å². The molecule has 0 aliphatic carbocycles. The van der Waals surface area contributed by atoms with E-state index >= 15 is 0 Å². The number of methoxy groups -OCH3 is 1. The van der Waals surface area contributed by atoms with Gasteiger partial charge in [0.15, 0.2) is 0 Å². The van der Waals surface area contributed by atoms with Crippen LogP contribution in [0.15, 0.2) is 30.3 Å². The topological polar surface area (TPSA) is 67.4 Å². The van der Waals surface area contributed by atoms with Gasteiger partial charge in [-0.2, -0.15) is 11.8 Å². The fourth-order valence-electron chi connectivity index (χ4n) is 2.70. The van der Waals surface area contributed by atoms with Crippen molar-refractivity contribution in [1.29, 1.82) is 0 Å². The summed E-state index contributed by atoms with van der Waals surface area (Å²) in [6, 6.07) is 8.71. The lowest BCUT2D eigenvalue weighted by Crippen LogP contribution is -2.62. The molecule has 6 heteroatoms. The van der Waals surface area contributed by atoms with Crippen LogP contribution in [0.4, 0.5) is 0 Å². The summed E-state index contributed by atoms with van der Waals surface area (Å²) in [4.78, 5) is 25.2. The molecule has 1 aromatic rings. The van der Waals surface area contributed by atoms with Crippen molar-refractivity contribution in [3.63, 3.8) is 0 Å². The minimum atomic E-state index is -0.771. The van der Waals surface area contributed by atoms with Gasteiger partial charge in [-0.05, 0) is 38.5 Å². The number of nitrogens with one attached hydrogen (secondary N) is 2. The van der Waals surface area contributed by atoms with E-state index in [2.05, 4.69) is 10.6 Å². The number of hydrogen-bond donors (Lipinski definition) is 2. The third-order valence-electron chi connectivity index (χ3n) is 3.94. The van der Waals surface area contributed by atoms with E-state index in [9.17, 15) is 9.59 Å². The second-order valence-corrected chi connectivity index (χ2v) is 8.21. The van der Waals surface area contributed by atoms with Crippen molar-refractivity contribution in [2.45, 2.75) is 44.3 Å². The van der Waals surface area contributed by atoms with Gasteiger partial charge in [0.1, 0.15) is 11.6 Å². The average Bonchev–Trinajstić information content (AvgIpc) is 3.01. The summed E-state index contributed by atoms with van der Waals surface area (Å²) in [5.74, 6) is 1.06. The molecule has 5 nitrogen and oxygen atoms in total. The van der Waals surface area contributed by atoms with Gasteiger partial charge in [0, 0.05) is 11.3 Å². The Balaban J connectivity index is 2.29. The molecule has 0 saturated carbocycles. The molecule has 0 bridgehead atoms. The maximum absolute atomic E-state index is 12.9. The van der Waals surface area contributed by atoms with Gasteiger partial charge in [-0.3, -0.25) is 10.1 Å². The zero-order chi connectivity index (χ0) is 17.8. The van der Waals surface area contributed by atoms with E-state index in [1.807, 2.05) is 51.1 Å². The zero-order valence-corrected chi connectivity index (χ0v) is 15.5. The molecule has 1 aliphatic heterocycles. The summed E-state index contributed by atoms with van der Waals surface area (Å²) in [6.07, 6.45) is 0.680. The fraction of sp³-hybridized carbons (Fsp3) is 0.556. The molecule has 24 heavy (non-hydrogen) atoms. The first-order valence-corrected chi connectivity index (χ1v) is 9.24. The Morgan fingerprint density at radius 3 is 2.42 bits per heavy atom. The van der Waals surface area contributed by atoms with Crippen LogP contribution in [0.25, 0.3) is 0 Å². The quantitative estimate of drug-likeness (QED) is 0.798. The van der Waals surface area contributed by atoms with E-state index < -0.39 is 11.6 Å². The van der Waals surface area contributed by atoms with Crippen LogP contribution in [0, 0.1) is 0 Å². The molecule has 2 unspecified atom stereocenters. The van der Waals surface area contributed by atoms with E-state index in [0.29, 0.717) is 12.2 Å². The summed E-state index contributed by atoms with van der Waals surface area (Å²) in [6.45, 7) is 5.86. The number of hydrogen-bond acceptors (Lipinski definition) is 5. The molecular weight excluding hydrogens is 324 g/mol. The van der Waals surface area contributed by atoms with Gasteiger partial charge >= 0.3 is 5.97 Å². The summed E-state index contributed by atoms with van der Waals surface area (Å²) >= 11 is 1.72. The molecule has 1 fully saturated rings. The van der Waals surface area contributed by atoms with E-state index in [1.54, 1.807) is 11.8 Å². The first-order chi connectivity index (χ1) is 11.3. The number of thioether (sulfide) groups is 1. The van der Waals surface area contributed by atoms with Gasteiger partial charge in [0.05, 0.1) is 7.11 Å². The Morgan fingerprint density at radius 1 is 1.25 bits per heavy atom. The summed E-state index contributed by atoms with van der Waals surface area (Å²) < 4.78 is 4.96. The molecule has 2 N–H and O–H groups in total. The molecule has 1 aromatic carbocycles.